The first-order valence-electron chi connectivity index (χ1n) is 5.56. The smallest absolute Gasteiger partial charge is 0.119 e. The van der Waals surface area contributed by atoms with Crippen LogP contribution in [0.1, 0.15) is 31.9 Å². The van der Waals surface area contributed by atoms with Crippen molar-refractivity contribution in [2.75, 3.05) is 14.2 Å². The molecule has 0 aliphatic heterocycles. The fourth-order valence-corrected chi connectivity index (χ4v) is 1.77. The van der Waals surface area contributed by atoms with Gasteiger partial charge in [-0.2, -0.15) is 0 Å². The van der Waals surface area contributed by atoms with Gasteiger partial charge in [0.05, 0.1) is 7.11 Å². The van der Waals surface area contributed by atoms with Crippen LogP contribution in [0.3, 0.4) is 0 Å². The molecule has 0 radical (unpaired) electrons. The maximum atomic E-state index is 6.05. The van der Waals surface area contributed by atoms with Crippen molar-refractivity contribution in [3.05, 3.63) is 29.8 Å². The van der Waals surface area contributed by atoms with Crippen LogP contribution in [0.25, 0.3) is 0 Å². The SMILES string of the molecule is CNC(CC(C)(C)N)c1cccc(OC)c1. The van der Waals surface area contributed by atoms with Crippen LogP contribution in [0, 0.1) is 0 Å². The number of methoxy groups -OCH3 is 1. The summed E-state index contributed by atoms with van der Waals surface area (Å²) in [4.78, 5) is 0. The van der Waals surface area contributed by atoms with Crippen molar-refractivity contribution in [1.29, 1.82) is 0 Å². The van der Waals surface area contributed by atoms with Gasteiger partial charge < -0.3 is 15.8 Å². The summed E-state index contributed by atoms with van der Waals surface area (Å²) >= 11 is 0. The lowest BCUT2D eigenvalue weighted by Crippen LogP contribution is -2.36. The normalized spacial score (nSPS) is 13.6. The molecule has 0 spiro atoms. The summed E-state index contributed by atoms with van der Waals surface area (Å²) in [7, 11) is 3.64. The Labute approximate surface area is 98.0 Å². The Morgan fingerprint density at radius 2 is 2.12 bits per heavy atom. The van der Waals surface area contributed by atoms with E-state index in [1.54, 1.807) is 7.11 Å². The lowest BCUT2D eigenvalue weighted by molar-refractivity contribution is 0.390. The summed E-state index contributed by atoms with van der Waals surface area (Å²) in [6.45, 7) is 4.08. The maximum absolute atomic E-state index is 6.05. The Balaban J connectivity index is 2.86. The van der Waals surface area contributed by atoms with Gasteiger partial charge in [-0.1, -0.05) is 12.1 Å². The molecule has 1 aromatic carbocycles. The second-order valence-electron chi connectivity index (χ2n) is 4.81. The van der Waals surface area contributed by atoms with E-state index < -0.39 is 0 Å². The minimum atomic E-state index is -0.184. The van der Waals surface area contributed by atoms with Crippen LogP contribution in [0.4, 0.5) is 0 Å². The van der Waals surface area contributed by atoms with Gasteiger partial charge in [0.2, 0.25) is 0 Å². The van der Waals surface area contributed by atoms with E-state index >= 15 is 0 Å². The molecule has 1 unspecified atom stereocenters. The molecule has 0 fully saturated rings. The van der Waals surface area contributed by atoms with Crippen molar-refractivity contribution in [3.8, 4) is 5.75 Å². The maximum Gasteiger partial charge on any atom is 0.119 e. The lowest BCUT2D eigenvalue weighted by Gasteiger charge is -2.26. The highest BCUT2D eigenvalue weighted by Gasteiger charge is 2.19. The van der Waals surface area contributed by atoms with Gasteiger partial charge in [-0.3, -0.25) is 0 Å². The van der Waals surface area contributed by atoms with E-state index in [0.29, 0.717) is 0 Å². The topological polar surface area (TPSA) is 47.3 Å². The third-order valence-electron chi connectivity index (χ3n) is 2.57. The fourth-order valence-electron chi connectivity index (χ4n) is 1.77. The van der Waals surface area contributed by atoms with Crippen LogP contribution in [0.5, 0.6) is 5.75 Å². The molecule has 0 saturated carbocycles. The van der Waals surface area contributed by atoms with Gasteiger partial charge in [0, 0.05) is 11.6 Å². The summed E-state index contributed by atoms with van der Waals surface area (Å²) in [5.41, 5.74) is 7.07. The molecule has 0 aliphatic rings. The number of hydrogen-bond acceptors (Lipinski definition) is 3. The first-order valence-corrected chi connectivity index (χ1v) is 5.56. The van der Waals surface area contributed by atoms with Gasteiger partial charge in [-0.25, -0.2) is 0 Å². The number of benzene rings is 1. The van der Waals surface area contributed by atoms with Crippen molar-refractivity contribution >= 4 is 0 Å². The summed E-state index contributed by atoms with van der Waals surface area (Å²) < 4.78 is 5.22. The third kappa shape index (κ3) is 3.83. The highest BCUT2D eigenvalue weighted by atomic mass is 16.5. The van der Waals surface area contributed by atoms with Crippen LogP contribution in [-0.4, -0.2) is 19.7 Å². The van der Waals surface area contributed by atoms with E-state index in [1.807, 2.05) is 39.1 Å². The molecular weight excluding hydrogens is 200 g/mol. The molecule has 0 heterocycles. The first-order chi connectivity index (χ1) is 7.46. The lowest BCUT2D eigenvalue weighted by atomic mass is 9.92. The molecule has 1 rings (SSSR count). The average Bonchev–Trinajstić information content (AvgIpc) is 2.25. The fraction of sp³-hybridized carbons (Fsp3) is 0.538. The van der Waals surface area contributed by atoms with E-state index in [2.05, 4.69) is 11.4 Å². The van der Waals surface area contributed by atoms with Gasteiger partial charge in [0.25, 0.3) is 0 Å². The number of ether oxygens (including phenoxy) is 1. The number of nitrogens with one attached hydrogen (secondary N) is 1. The molecule has 1 atom stereocenters. The van der Waals surface area contributed by atoms with Crippen LogP contribution in [0.15, 0.2) is 24.3 Å². The second-order valence-corrected chi connectivity index (χ2v) is 4.81. The Bertz CT molecular complexity index is 331. The Morgan fingerprint density at radius 1 is 1.44 bits per heavy atom. The van der Waals surface area contributed by atoms with E-state index in [0.717, 1.165) is 12.2 Å². The zero-order valence-electron chi connectivity index (χ0n) is 10.6. The van der Waals surface area contributed by atoms with Crippen LogP contribution in [0.2, 0.25) is 0 Å². The van der Waals surface area contributed by atoms with Crippen molar-refractivity contribution < 1.29 is 4.74 Å². The van der Waals surface area contributed by atoms with Crippen molar-refractivity contribution in [2.45, 2.75) is 31.8 Å². The monoisotopic (exact) mass is 222 g/mol. The summed E-state index contributed by atoms with van der Waals surface area (Å²) in [6, 6.07) is 8.35. The molecular formula is C13H22N2O. The summed E-state index contributed by atoms with van der Waals surface area (Å²) in [5, 5.41) is 3.29. The third-order valence-corrected chi connectivity index (χ3v) is 2.57. The standard InChI is InChI=1S/C13H22N2O/c1-13(2,14)9-12(15-3)10-6-5-7-11(8-10)16-4/h5-8,12,15H,9,14H2,1-4H3. The van der Waals surface area contributed by atoms with Gasteiger partial charge in [0.15, 0.2) is 0 Å². The zero-order valence-corrected chi connectivity index (χ0v) is 10.6. The molecule has 3 nitrogen and oxygen atoms in total. The Kier molecular flexibility index (Phi) is 4.33. The second kappa shape index (κ2) is 5.32. The molecule has 0 aromatic heterocycles. The van der Waals surface area contributed by atoms with Gasteiger partial charge in [-0.15, -0.1) is 0 Å². The van der Waals surface area contributed by atoms with Crippen molar-refractivity contribution in [3.63, 3.8) is 0 Å². The predicted molar refractivity (Wildman–Crippen MR) is 67.7 cm³/mol. The highest BCUT2D eigenvalue weighted by Crippen LogP contribution is 2.24. The van der Waals surface area contributed by atoms with Crippen LogP contribution >= 0.6 is 0 Å². The number of hydrogen-bond donors (Lipinski definition) is 2. The van der Waals surface area contributed by atoms with E-state index in [1.165, 1.54) is 5.56 Å². The minimum absolute atomic E-state index is 0.184. The molecule has 3 N–H and O–H groups in total. The van der Waals surface area contributed by atoms with Crippen LogP contribution < -0.4 is 15.8 Å². The Morgan fingerprint density at radius 3 is 2.62 bits per heavy atom. The average molecular weight is 222 g/mol. The van der Waals surface area contributed by atoms with Gasteiger partial charge in [-0.05, 0) is 45.0 Å². The summed E-state index contributed by atoms with van der Waals surface area (Å²) in [6.07, 6.45) is 0.886. The highest BCUT2D eigenvalue weighted by molar-refractivity contribution is 5.30. The van der Waals surface area contributed by atoms with Crippen molar-refractivity contribution in [1.82, 2.24) is 5.32 Å². The molecule has 0 bridgehead atoms. The molecule has 1 aromatic rings. The first kappa shape index (κ1) is 13.0. The zero-order chi connectivity index (χ0) is 12.2. The summed E-state index contributed by atoms with van der Waals surface area (Å²) in [5.74, 6) is 0.882. The largest absolute Gasteiger partial charge is 0.497 e. The molecule has 0 saturated heterocycles. The van der Waals surface area contributed by atoms with E-state index in [4.69, 9.17) is 10.5 Å². The van der Waals surface area contributed by atoms with E-state index in [-0.39, 0.29) is 11.6 Å². The quantitative estimate of drug-likeness (QED) is 0.802. The van der Waals surface area contributed by atoms with Crippen molar-refractivity contribution in [2.24, 2.45) is 5.73 Å². The Hall–Kier alpha value is -1.06. The molecule has 0 amide bonds. The predicted octanol–water partition coefficient (Wildman–Crippen LogP) is 2.08. The number of rotatable bonds is 5. The van der Waals surface area contributed by atoms with Gasteiger partial charge in [0.1, 0.15) is 5.75 Å². The molecule has 90 valence electrons. The molecule has 16 heavy (non-hydrogen) atoms. The number of nitrogens with two attached hydrogens (primary N) is 1. The minimum Gasteiger partial charge on any atom is -0.497 e. The molecule has 0 aliphatic carbocycles. The van der Waals surface area contributed by atoms with Gasteiger partial charge >= 0.3 is 0 Å². The molecule has 3 heteroatoms. The van der Waals surface area contributed by atoms with E-state index in [9.17, 15) is 0 Å². The van der Waals surface area contributed by atoms with Crippen LogP contribution in [-0.2, 0) is 0 Å².